The first-order chi connectivity index (χ1) is 10.2. The second kappa shape index (κ2) is 6.70. The number of nitrogens with one attached hydrogen (secondary N) is 1. The van der Waals surface area contributed by atoms with Crippen LogP contribution in [0.3, 0.4) is 0 Å². The molecule has 0 radical (unpaired) electrons. The van der Waals surface area contributed by atoms with E-state index in [1.165, 1.54) is 48.0 Å². The molecule has 0 aromatic heterocycles. The SMILES string of the molecule is CCNCc1ccc(Br)cc1N(C)CC1CC2CCC1C2. The lowest BCUT2D eigenvalue weighted by Gasteiger charge is -2.30. The standard InChI is InChI=1S/C18H27BrN2/c1-3-20-11-15-6-7-17(19)10-18(15)21(2)12-16-9-13-4-5-14(16)8-13/h6-7,10,13-14,16,20H,3-5,8-9,11-12H2,1-2H3. The molecule has 2 aliphatic rings. The lowest BCUT2D eigenvalue weighted by molar-refractivity contribution is 0.337. The molecular weight excluding hydrogens is 324 g/mol. The second-order valence-electron chi connectivity index (χ2n) is 6.87. The molecule has 3 unspecified atom stereocenters. The molecule has 0 spiro atoms. The van der Waals surface area contributed by atoms with Gasteiger partial charge in [-0.2, -0.15) is 0 Å². The van der Waals surface area contributed by atoms with Gasteiger partial charge in [-0.15, -0.1) is 0 Å². The summed E-state index contributed by atoms with van der Waals surface area (Å²) in [4.78, 5) is 2.49. The smallest absolute Gasteiger partial charge is 0.0420 e. The summed E-state index contributed by atoms with van der Waals surface area (Å²) in [5, 5.41) is 3.46. The molecule has 0 saturated heterocycles. The third-order valence-corrected chi connectivity index (χ3v) is 5.91. The number of halogens is 1. The fourth-order valence-corrected chi connectivity index (χ4v) is 4.70. The number of hydrogen-bond donors (Lipinski definition) is 1. The van der Waals surface area contributed by atoms with Gasteiger partial charge in [0, 0.05) is 30.3 Å². The molecule has 2 aliphatic carbocycles. The van der Waals surface area contributed by atoms with Crippen LogP contribution in [-0.2, 0) is 6.54 Å². The summed E-state index contributed by atoms with van der Waals surface area (Å²) in [5.74, 6) is 2.96. The van der Waals surface area contributed by atoms with Crippen LogP contribution in [0.25, 0.3) is 0 Å². The van der Waals surface area contributed by atoms with E-state index < -0.39 is 0 Å². The monoisotopic (exact) mass is 350 g/mol. The number of anilines is 1. The van der Waals surface area contributed by atoms with Crippen LogP contribution in [0, 0.1) is 17.8 Å². The third kappa shape index (κ3) is 3.45. The van der Waals surface area contributed by atoms with Crippen molar-refractivity contribution in [2.45, 2.75) is 39.2 Å². The zero-order valence-electron chi connectivity index (χ0n) is 13.2. The van der Waals surface area contributed by atoms with Crippen molar-refractivity contribution in [1.82, 2.24) is 5.32 Å². The lowest BCUT2D eigenvalue weighted by atomic mass is 9.88. The Morgan fingerprint density at radius 2 is 2.14 bits per heavy atom. The highest BCUT2D eigenvalue weighted by atomic mass is 79.9. The molecule has 1 aromatic carbocycles. The van der Waals surface area contributed by atoms with Crippen molar-refractivity contribution < 1.29 is 0 Å². The van der Waals surface area contributed by atoms with Gasteiger partial charge in [-0.05, 0) is 61.3 Å². The highest BCUT2D eigenvalue weighted by Gasteiger charge is 2.39. The van der Waals surface area contributed by atoms with E-state index in [0.29, 0.717) is 0 Å². The van der Waals surface area contributed by atoms with E-state index >= 15 is 0 Å². The predicted octanol–water partition coefficient (Wildman–Crippen LogP) is 4.43. The molecule has 2 saturated carbocycles. The Balaban J connectivity index is 1.70. The molecule has 0 heterocycles. The van der Waals surface area contributed by atoms with Gasteiger partial charge in [0.15, 0.2) is 0 Å². The van der Waals surface area contributed by atoms with Gasteiger partial charge in [-0.3, -0.25) is 0 Å². The minimum atomic E-state index is 0.916. The van der Waals surface area contributed by atoms with Crippen molar-refractivity contribution >= 4 is 21.6 Å². The number of hydrogen-bond acceptors (Lipinski definition) is 2. The molecule has 3 rings (SSSR count). The minimum absolute atomic E-state index is 0.916. The summed E-state index contributed by atoms with van der Waals surface area (Å²) in [5.41, 5.74) is 2.79. The van der Waals surface area contributed by atoms with Gasteiger partial charge in [0.1, 0.15) is 0 Å². The van der Waals surface area contributed by atoms with Gasteiger partial charge in [-0.1, -0.05) is 35.3 Å². The Bertz CT molecular complexity index is 488. The quantitative estimate of drug-likeness (QED) is 0.816. The molecule has 1 N–H and O–H groups in total. The van der Waals surface area contributed by atoms with E-state index in [0.717, 1.165) is 30.8 Å². The summed E-state index contributed by atoms with van der Waals surface area (Å²) in [6.45, 7) is 5.36. The zero-order valence-corrected chi connectivity index (χ0v) is 14.8. The van der Waals surface area contributed by atoms with Crippen molar-refractivity contribution in [2.75, 3.05) is 25.0 Å². The van der Waals surface area contributed by atoms with E-state index in [4.69, 9.17) is 0 Å². The number of nitrogens with zero attached hydrogens (tertiary/aromatic N) is 1. The fraction of sp³-hybridized carbons (Fsp3) is 0.667. The molecule has 0 aliphatic heterocycles. The first-order valence-electron chi connectivity index (χ1n) is 8.37. The van der Waals surface area contributed by atoms with Crippen LogP contribution < -0.4 is 10.2 Å². The highest BCUT2D eigenvalue weighted by Crippen LogP contribution is 2.48. The zero-order chi connectivity index (χ0) is 14.8. The Kier molecular flexibility index (Phi) is 4.90. The normalized spacial score (nSPS) is 27.3. The van der Waals surface area contributed by atoms with Crippen LogP contribution in [0.5, 0.6) is 0 Å². The topological polar surface area (TPSA) is 15.3 Å². The Labute approximate surface area is 137 Å². The van der Waals surface area contributed by atoms with E-state index in [1.54, 1.807) is 0 Å². The lowest BCUT2D eigenvalue weighted by Crippen LogP contribution is -2.29. The molecule has 2 nitrogen and oxygen atoms in total. The highest BCUT2D eigenvalue weighted by molar-refractivity contribution is 9.10. The van der Waals surface area contributed by atoms with Crippen molar-refractivity contribution in [3.05, 3.63) is 28.2 Å². The second-order valence-corrected chi connectivity index (χ2v) is 7.78. The van der Waals surface area contributed by atoms with Gasteiger partial charge in [0.05, 0.1) is 0 Å². The van der Waals surface area contributed by atoms with Gasteiger partial charge < -0.3 is 10.2 Å². The maximum atomic E-state index is 3.63. The van der Waals surface area contributed by atoms with Crippen molar-refractivity contribution in [1.29, 1.82) is 0 Å². The van der Waals surface area contributed by atoms with Crippen molar-refractivity contribution in [2.24, 2.45) is 17.8 Å². The van der Waals surface area contributed by atoms with Gasteiger partial charge in [0.25, 0.3) is 0 Å². The molecule has 116 valence electrons. The van der Waals surface area contributed by atoms with E-state index in [9.17, 15) is 0 Å². The molecule has 2 bridgehead atoms. The van der Waals surface area contributed by atoms with Crippen LogP contribution in [0.1, 0.15) is 38.2 Å². The maximum Gasteiger partial charge on any atom is 0.0420 e. The fourth-order valence-electron chi connectivity index (χ4n) is 4.35. The maximum absolute atomic E-state index is 3.63. The predicted molar refractivity (Wildman–Crippen MR) is 93.7 cm³/mol. The van der Waals surface area contributed by atoms with Crippen LogP contribution in [0.15, 0.2) is 22.7 Å². The third-order valence-electron chi connectivity index (χ3n) is 5.42. The number of benzene rings is 1. The molecule has 2 fully saturated rings. The van der Waals surface area contributed by atoms with Gasteiger partial charge in [-0.25, -0.2) is 0 Å². The average Bonchev–Trinajstić information content (AvgIpc) is 3.08. The Hall–Kier alpha value is -0.540. The summed E-state index contributed by atoms with van der Waals surface area (Å²) in [6.07, 6.45) is 5.94. The van der Waals surface area contributed by atoms with E-state index in [2.05, 4.69) is 58.3 Å². The van der Waals surface area contributed by atoms with E-state index in [1.807, 2.05) is 0 Å². The molecule has 3 heteroatoms. The van der Waals surface area contributed by atoms with Crippen LogP contribution in [0.4, 0.5) is 5.69 Å². The van der Waals surface area contributed by atoms with Gasteiger partial charge in [0.2, 0.25) is 0 Å². The number of rotatable bonds is 6. The largest absolute Gasteiger partial charge is 0.374 e. The molecule has 3 atom stereocenters. The van der Waals surface area contributed by atoms with Crippen molar-refractivity contribution in [3.63, 3.8) is 0 Å². The Morgan fingerprint density at radius 1 is 1.29 bits per heavy atom. The minimum Gasteiger partial charge on any atom is -0.374 e. The summed E-state index contributed by atoms with van der Waals surface area (Å²) in [7, 11) is 2.27. The van der Waals surface area contributed by atoms with Crippen LogP contribution >= 0.6 is 15.9 Å². The average molecular weight is 351 g/mol. The molecule has 21 heavy (non-hydrogen) atoms. The number of fused-ring (bicyclic) bond motifs is 2. The first-order valence-corrected chi connectivity index (χ1v) is 9.17. The molecule has 1 aromatic rings. The molecule has 0 amide bonds. The Morgan fingerprint density at radius 3 is 2.81 bits per heavy atom. The summed E-state index contributed by atoms with van der Waals surface area (Å²) >= 11 is 3.63. The van der Waals surface area contributed by atoms with E-state index in [-0.39, 0.29) is 0 Å². The summed E-state index contributed by atoms with van der Waals surface area (Å²) in [6, 6.07) is 6.68. The van der Waals surface area contributed by atoms with Crippen LogP contribution in [-0.4, -0.2) is 20.1 Å². The van der Waals surface area contributed by atoms with Gasteiger partial charge >= 0.3 is 0 Å². The van der Waals surface area contributed by atoms with Crippen LogP contribution in [0.2, 0.25) is 0 Å². The molecular formula is C18H27BrN2. The van der Waals surface area contributed by atoms with Crippen molar-refractivity contribution in [3.8, 4) is 0 Å². The summed E-state index contributed by atoms with van der Waals surface area (Å²) < 4.78 is 1.18. The first kappa shape index (κ1) is 15.4.